The van der Waals surface area contributed by atoms with Gasteiger partial charge in [0, 0.05) is 28.9 Å². The van der Waals surface area contributed by atoms with Crippen LogP contribution in [0.1, 0.15) is 18.9 Å². The first-order valence-corrected chi connectivity index (χ1v) is 6.99. The SMILES string of the molecule is CC(CCNCc1cccc(F)c1)S(C)=O. The van der Waals surface area contributed by atoms with Gasteiger partial charge in [-0.1, -0.05) is 19.1 Å². The van der Waals surface area contributed by atoms with Gasteiger partial charge in [-0.05, 0) is 30.7 Å². The van der Waals surface area contributed by atoms with E-state index in [1.165, 1.54) is 12.1 Å². The number of rotatable bonds is 6. The van der Waals surface area contributed by atoms with E-state index in [0.29, 0.717) is 6.54 Å². The van der Waals surface area contributed by atoms with Gasteiger partial charge in [-0.3, -0.25) is 4.21 Å². The molecular formula is C12H18FNOS. The van der Waals surface area contributed by atoms with E-state index in [9.17, 15) is 8.60 Å². The van der Waals surface area contributed by atoms with Gasteiger partial charge in [0.25, 0.3) is 0 Å². The van der Waals surface area contributed by atoms with Crippen molar-refractivity contribution in [1.82, 2.24) is 5.32 Å². The molecule has 0 heterocycles. The summed E-state index contributed by atoms with van der Waals surface area (Å²) in [5, 5.41) is 3.42. The van der Waals surface area contributed by atoms with Crippen LogP contribution >= 0.6 is 0 Å². The van der Waals surface area contributed by atoms with Crippen molar-refractivity contribution in [3.63, 3.8) is 0 Å². The van der Waals surface area contributed by atoms with Crippen LogP contribution in [0.25, 0.3) is 0 Å². The van der Waals surface area contributed by atoms with Crippen molar-refractivity contribution in [2.24, 2.45) is 0 Å². The smallest absolute Gasteiger partial charge is 0.123 e. The highest BCUT2D eigenvalue weighted by Crippen LogP contribution is 2.03. The Balaban J connectivity index is 2.23. The summed E-state index contributed by atoms with van der Waals surface area (Å²) in [7, 11) is -0.762. The first-order chi connectivity index (χ1) is 7.59. The molecule has 0 amide bonds. The molecule has 4 heteroatoms. The molecule has 2 nitrogen and oxygen atoms in total. The van der Waals surface area contributed by atoms with Gasteiger partial charge in [0.2, 0.25) is 0 Å². The molecule has 0 saturated heterocycles. The summed E-state index contributed by atoms with van der Waals surface area (Å²) in [6.45, 7) is 3.43. The molecule has 0 aliphatic heterocycles. The van der Waals surface area contributed by atoms with Gasteiger partial charge >= 0.3 is 0 Å². The van der Waals surface area contributed by atoms with Gasteiger partial charge < -0.3 is 5.32 Å². The molecule has 0 aliphatic carbocycles. The second-order valence-electron chi connectivity index (χ2n) is 3.90. The zero-order chi connectivity index (χ0) is 12.0. The quantitative estimate of drug-likeness (QED) is 0.775. The highest BCUT2D eigenvalue weighted by atomic mass is 32.2. The molecule has 0 fully saturated rings. The second kappa shape index (κ2) is 6.76. The summed E-state index contributed by atoms with van der Waals surface area (Å²) in [6.07, 6.45) is 2.59. The highest BCUT2D eigenvalue weighted by molar-refractivity contribution is 7.84. The maximum atomic E-state index is 12.8. The minimum absolute atomic E-state index is 0.206. The fraction of sp³-hybridized carbons (Fsp3) is 0.500. The Morgan fingerprint density at radius 1 is 1.50 bits per heavy atom. The van der Waals surface area contributed by atoms with E-state index >= 15 is 0 Å². The lowest BCUT2D eigenvalue weighted by atomic mass is 10.2. The summed E-state index contributed by atoms with van der Waals surface area (Å²) < 4.78 is 23.9. The minimum atomic E-state index is -0.762. The van der Waals surface area contributed by atoms with E-state index in [4.69, 9.17) is 0 Å². The topological polar surface area (TPSA) is 29.1 Å². The monoisotopic (exact) mass is 243 g/mol. The molecule has 2 atom stereocenters. The van der Waals surface area contributed by atoms with Crippen molar-refractivity contribution in [3.05, 3.63) is 35.6 Å². The fourth-order valence-electron chi connectivity index (χ4n) is 1.35. The van der Waals surface area contributed by atoms with Crippen LogP contribution in [-0.2, 0) is 17.3 Å². The Morgan fingerprint density at radius 3 is 2.88 bits per heavy atom. The van der Waals surface area contributed by atoms with Crippen molar-refractivity contribution in [3.8, 4) is 0 Å². The highest BCUT2D eigenvalue weighted by Gasteiger charge is 2.04. The number of halogens is 1. The predicted molar refractivity (Wildman–Crippen MR) is 66.3 cm³/mol. The molecule has 0 spiro atoms. The normalized spacial score (nSPS) is 14.7. The molecule has 16 heavy (non-hydrogen) atoms. The van der Waals surface area contributed by atoms with E-state index in [1.54, 1.807) is 12.3 Å². The van der Waals surface area contributed by atoms with E-state index in [1.807, 2.05) is 13.0 Å². The predicted octanol–water partition coefficient (Wildman–Crippen LogP) is 2.07. The van der Waals surface area contributed by atoms with E-state index in [2.05, 4.69) is 5.32 Å². The number of hydrogen-bond donors (Lipinski definition) is 1. The maximum Gasteiger partial charge on any atom is 0.123 e. The zero-order valence-corrected chi connectivity index (χ0v) is 10.5. The van der Waals surface area contributed by atoms with E-state index in [0.717, 1.165) is 18.5 Å². The molecule has 0 aromatic heterocycles. The van der Waals surface area contributed by atoms with Crippen LogP contribution in [0, 0.1) is 5.82 Å². The van der Waals surface area contributed by atoms with Crippen LogP contribution in [-0.4, -0.2) is 22.3 Å². The summed E-state index contributed by atoms with van der Waals surface area (Å²) >= 11 is 0. The van der Waals surface area contributed by atoms with Crippen LogP contribution in [0.15, 0.2) is 24.3 Å². The Hall–Kier alpha value is -0.740. The largest absolute Gasteiger partial charge is 0.313 e. The molecule has 1 aromatic rings. The molecule has 0 saturated carbocycles. The summed E-state index contributed by atoms with van der Waals surface area (Å²) in [4.78, 5) is 0. The molecule has 1 aromatic carbocycles. The van der Waals surface area contributed by atoms with Crippen molar-refractivity contribution in [1.29, 1.82) is 0 Å². The number of nitrogens with one attached hydrogen (secondary N) is 1. The fourth-order valence-corrected chi connectivity index (χ4v) is 1.80. The van der Waals surface area contributed by atoms with Crippen molar-refractivity contribution in [2.45, 2.75) is 25.1 Å². The lowest BCUT2D eigenvalue weighted by Crippen LogP contribution is -2.20. The average molecular weight is 243 g/mol. The lowest BCUT2D eigenvalue weighted by molar-refractivity contribution is 0.612. The first kappa shape index (κ1) is 13.3. The van der Waals surface area contributed by atoms with Crippen LogP contribution < -0.4 is 5.32 Å². The number of benzene rings is 1. The third-order valence-electron chi connectivity index (χ3n) is 2.51. The zero-order valence-electron chi connectivity index (χ0n) is 9.70. The minimum Gasteiger partial charge on any atom is -0.313 e. The number of hydrogen-bond acceptors (Lipinski definition) is 2. The third kappa shape index (κ3) is 4.86. The first-order valence-electron chi connectivity index (χ1n) is 5.37. The van der Waals surface area contributed by atoms with Gasteiger partial charge in [-0.2, -0.15) is 0 Å². The van der Waals surface area contributed by atoms with E-state index in [-0.39, 0.29) is 11.1 Å². The van der Waals surface area contributed by atoms with Gasteiger partial charge in [0.05, 0.1) is 0 Å². The Kier molecular flexibility index (Phi) is 5.63. The van der Waals surface area contributed by atoms with Crippen molar-refractivity contribution in [2.75, 3.05) is 12.8 Å². The molecule has 2 unspecified atom stereocenters. The molecule has 0 bridgehead atoms. The summed E-state index contributed by atoms with van der Waals surface area (Å²) in [6, 6.07) is 6.55. The van der Waals surface area contributed by atoms with Crippen LogP contribution in [0.3, 0.4) is 0 Å². The standard InChI is InChI=1S/C12H18FNOS/c1-10(16(2)15)6-7-14-9-11-4-3-5-12(13)8-11/h3-5,8,10,14H,6-7,9H2,1-2H3. The van der Waals surface area contributed by atoms with Crippen LogP contribution in [0.4, 0.5) is 4.39 Å². The van der Waals surface area contributed by atoms with Gasteiger partial charge in [-0.15, -0.1) is 0 Å². The van der Waals surface area contributed by atoms with E-state index < -0.39 is 10.8 Å². The average Bonchev–Trinajstić information content (AvgIpc) is 2.24. The molecule has 0 aliphatic rings. The maximum absolute atomic E-state index is 12.8. The molecule has 90 valence electrons. The van der Waals surface area contributed by atoms with Gasteiger partial charge in [0.15, 0.2) is 0 Å². The molecule has 1 rings (SSSR count). The Morgan fingerprint density at radius 2 is 2.25 bits per heavy atom. The summed E-state index contributed by atoms with van der Waals surface area (Å²) in [5.41, 5.74) is 0.935. The van der Waals surface area contributed by atoms with Crippen LogP contribution in [0.5, 0.6) is 0 Å². The molecule has 1 N–H and O–H groups in total. The Bertz CT molecular complexity index is 357. The summed E-state index contributed by atoms with van der Waals surface area (Å²) in [5.74, 6) is -0.206. The molecular weight excluding hydrogens is 225 g/mol. The Labute approximate surface area is 98.7 Å². The van der Waals surface area contributed by atoms with Gasteiger partial charge in [-0.25, -0.2) is 4.39 Å². The molecule has 0 radical (unpaired) electrons. The van der Waals surface area contributed by atoms with Crippen molar-refractivity contribution >= 4 is 10.8 Å². The lowest BCUT2D eigenvalue weighted by Gasteiger charge is -2.09. The second-order valence-corrected chi connectivity index (χ2v) is 5.71. The van der Waals surface area contributed by atoms with Gasteiger partial charge in [0.1, 0.15) is 5.82 Å². The van der Waals surface area contributed by atoms with Crippen LogP contribution in [0.2, 0.25) is 0 Å². The third-order valence-corrected chi connectivity index (χ3v) is 3.88. The van der Waals surface area contributed by atoms with Crippen molar-refractivity contribution < 1.29 is 8.60 Å².